The fraction of sp³-hybridized carbons (Fsp3) is 0.200. The van der Waals surface area contributed by atoms with E-state index in [-0.39, 0.29) is 0 Å². The highest BCUT2D eigenvalue weighted by Gasteiger charge is 2.11. The maximum atomic E-state index is 5.15. The molecule has 0 spiro atoms. The number of thioether (sulfide) groups is 1. The number of allylic oxidation sites excluding steroid dienone is 1. The molecule has 0 radical (unpaired) electrons. The topological polar surface area (TPSA) is 39.9 Å². The molecule has 0 aliphatic carbocycles. The molecule has 0 bridgehead atoms. The summed E-state index contributed by atoms with van der Waals surface area (Å²) in [6.07, 6.45) is 3.66. The third-order valence-corrected chi connectivity index (χ3v) is 3.58. The zero-order valence-electron chi connectivity index (χ0n) is 11.5. The Bertz CT molecular complexity index is 590. The number of nitrogens with zero attached hydrogens (tertiary/aromatic N) is 3. The smallest absolute Gasteiger partial charge is 0.187 e. The van der Waals surface area contributed by atoms with E-state index >= 15 is 0 Å². The molecule has 0 atom stereocenters. The van der Waals surface area contributed by atoms with Crippen LogP contribution in [-0.2, 0) is 6.54 Å². The summed E-state index contributed by atoms with van der Waals surface area (Å²) >= 11 is 1.61. The molecule has 0 fully saturated rings. The van der Waals surface area contributed by atoms with Gasteiger partial charge in [-0.2, -0.15) is 0 Å². The number of benzene rings is 1. The Balaban J connectivity index is 2.30. The molecule has 5 heteroatoms. The summed E-state index contributed by atoms with van der Waals surface area (Å²) in [6, 6.07) is 7.71. The number of hydrogen-bond acceptors (Lipinski definition) is 4. The molecule has 2 aromatic rings. The Labute approximate surface area is 123 Å². The van der Waals surface area contributed by atoms with Crippen molar-refractivity contribution in [1.82, 2.24) is 14.8 Å². The average molecular weight is 287 g/mol. The van der Waals surface area contributed by atoms with Crippen LogP contribution in [0.2, 0.25) is 0 Å². The van der Waals surface area contributed by atoms with Gasteiger partial charge in [0.25, 0.3) is 0 Å². The third-order valence-electron chi connectivity index (χ3n) is 2.62. The van der Waals surface area contributed by atoms with Crippen LogP contribution in [0.25, 0.3) is 11.4 Å². The lowest BCUT2D eigenvalue weighted by Gasteiger charge is -1.99. The summed E-state index contributed by atoms with van der Waals surface area (Å²) in [4.78, 5) is 4.57. The molecule has 4 nitrogen and oxygen atoms in total. The molecule has 0 saturated heterocycles. The van der Waals surface area contributed by atoms with Crippen molar-refractivity contribution in [3.05, 3.63) is 49.6 Å². The summed E-state index contributed by atoms with van der Waals surface area (Å²) < 4.78 is 7.00. The molecule has 0 aliphatic heterocycles. The fourth-order valence-electron chi connectivity index (χ4n) is 1.67. The van der Waals surface area contributed by atoms with Crippen molar-refractivity contribution in [2.24, 2.45) is 0 Å². The van der Waals surface area contributed by atoms with Crippen molar-refractivity contribution < 1.29 is 4.74 Å². The first-order valence-corrected chi connectivity index (χ1v) is 7.21. The van der Waals surface area contributed by atoms with Gasteiger partial charge in [-0.15, -0.1) is 18.3 Å². The highest BCUT2D eigenvalue weighted by molar-refractivity contribution is 7.99. The second-order valence-electron chi connectivity index (χ2n) is 4.02. The first kappa shape index (κ1) is 14.4. The van der Waals surface area contributed by atoms with Crippen LogP contribution in [-0.4, -0.2) is 27.6 Å². The van der Waals surface area contributed by atoms with Crippen LogP contribution >= 0.6 is 11.8 Å². The molecule has 1 heterocycles. The van der Waals surface area contributed by atoms with Gasteiger partial charge in [0.15, 0.2) is 11.0 Å². The second-order valence-corrected chi connectivity index (χ2v) is 5.00. The summed E-state index contributed by atoms with van der Waals surface area (Å²) in [7, 11) is 1.65. The molecule has 0 unspecified atom stereocenters. The van der Waals surface area contributed by atoms with Crippen molar-refractivity contribution in [1.29, 1.82) is 0 Å². The SMILES string of the molecule is C=CCSc1nc(-c2ccc(OC)cc2)nn1CC=C. The van der Waals surface area contributed by atoms with E-state index in [2.05, 4.69) is 23.2 Å². The Kier molecular flexibility index (Phi) is 5.01. The maximum Gasteiger partial charge on any atom is 0.187 e. The Hall–Kier alpha value is -2.01. The third kappa shape index (κ3) is 3.30. The van der Waals surface area contributed by atoms with Crippen LogP contribution < -0.4 is 4.74 Å². The van der Waals surface area contributed by atoms with Gasteiger partial charge in [0, 0.05) is 11.3 Å². The van der Waals surface area contributed by atoms with Crippen molar-refractivity contribution in [2.75, 3.05) is 12.9 Å². The van der Waals surface area contributed by atoms with E-state index in [0.717, 1.165) is 22.2 Å². The van der Waals surface area contributed by atoms with Crippen LogP contribution in [0.3, 0.4) is 0 Å². The Morgan fingerprint density at radius 1 is 1.25 bits per heavy atom. The van der Waals surface area contributed by atoms with Gasteiger partial charge in [-0.3, -0.25) is 0 Å². The summed E-state index contributed by atoms with van der Waals surface area (Å²) in [5.74, 6) is 2.33. The number of rotatable bonds is 7. The van der Waals surface area contributed by atoms with Gasteiger partial charge in [-0.25, -0.2) is 9.67 Å². The maximum absolute atomic E-state index is 5.15. The van der Waals surface area contributed by atoms with Crippen molar-refractivity contribution in [3.63, 3.8) is 0 Å². The number of methoxy groups -OCH3 is 1. The molecule has 0 amide bonds. The largest absolute Gasteiger partial charge is 0.497 e. The lowest BCUT2D eigenvalue weighted by Crippen LogP contribution is -1.99. The van der Waals surface area contributed by atoms with E-state index in [0.29, 0.717) is 12.4 Å². The fourth-order valence-corrected chi connectivity index (χ4v) is 2.35. The highest BCUT2D eigenvalue weighted by Crippen LogP contribution is 2.23. The quantitative estimate of drug-likeness (QED) is 0.578. The molecular formula is C15H17N3OS. The van der Waals surface area contributed by atoms with E-state index in [1.54, 1.807) is 18.9 Å². The Morgan fingerprint density at radius 2 is 2.00 bits per heavy atom. The molecular weight excluding hydrogens is 270 g/mol. The minimum Gasteiger partial charge on any atom is -0.497 e. The summed E-state index contributed by atoms with van der Waals surface area (Å²) in [5, 5.41) is 5.39. The monoisotopic (exact) mass is 287 g/mol. The molecule has 0 saturated carbocycles. The van der Waals surface area contributed by atoms with Gasteiger partial charge >= 0.3 is 0 Å². The van der Waals surface area contributed by atoms with Gasteiger partial charge in [-0.05, 0) is 24.3 Å². The molecule has 2 rings (SSSR count). The van der Waals surface area contributed by atoms with Gasteiger partial charge in [-0.1, -0.05) is 23.9 Å². The molecule has 20 heavy (non-hydrogen) atoms. The minimum absolute atomic E-state index is 0.641. The Morgan fingerprint density at radius 3 is 2.60 bits per heavy atom. The van der Waals surface area contributed by atoms with Crippen molar-refractivity contribution >= 4 is 11.8 Å². The lowest BCUT2D eigenvalue weighted by atomic mass is 10.2. The van der Waals surface area contributed by atoms with Gasteiger partial charge in [0.1, 0.15) is 5.75 Å². The first-order valence-electron chi connectivity index (χ1n) is 6.22. The van der Waals surface area contributed by atoms with E-state index in [1.165, 1.54) is 0 Å². The molecule has 0 aliphatic rings. The van der Waals surface area contributed by atoms with Crippen LogP contribution in [0.5, 0.6) is 5.75 Å². The predicted molar refractivity (Wildman–Crippen MR) is 83.1 cm³/mol. The zero-order chi connectivity index (χ0) is 14.4. The highest BCUT2D eigenvalue weighted by atomic mass is 32.2. The molecule has 0 N–H and O–H groups in total. The predicted octanol–water partition coefficient (Wildman–Crippen LogP) is 3.42. The molecule has 1 aromatic carbocycles. The van der Waals surface area contributed by atoms with E-state index < -0.39 is 0 Å². The lowest BCUT2D eigenvalue weighted by molar-refractivity contribution is 0.415. The molecule has 1 aromatic heterocycles. The normalized spacial score (nSPS) is 10.2. The van der Waals surface area contributed by atoms with E-state index in [9.17, 15) is 0 Å². The van der Waals surface area contributed by atoms with Crippen molar-refractivity contribution in [3.8, 4) is 17.1 Å². The minimum atomic E-state index is 0.641. The number of aromatic nitrogens is 3. The average Bonchev–Trinajstić information content (AvgIpc) is 2.89. The number of ether oxygens (including phenoxy) is 1. The second kappa shape index (κ2) is 6.96. The summed E-state index contributed by atoms with van der Waals surface area (Å²) in [6.45, 7) is 8.11. The zero-order valence-corrected chi connectivity index (χ0v) is 12.3. The van der Waals surface area contributed by atoms with Crippen LogP contribution in [0.15, 0.2) is 54.7 Å². The van der Waals surface area contributed by atoms with E-state index in [1.807, 2.05) is 41.1 Å². The van der Waals surface area contributed by atoms with Gasteiger partial charge < -0.3 is 4.74 Å². The van der Waals surface area contributed by atoms with E-state index in [4.69, 9.17) is 4.74 Å². The van der Waals surface area contributed by atoms with Gasteiger partial charge in [0.2, 0.25) is 0 Å². The van der Waals surface area contributed by atoms with Crippen LogP contribution in [0.1, 0.15) is 0 Å². The van der Waals surface area contributed by atoms with Crippen molar-refractivity contribution in [2.45, 2.75) is 11.7 Å². The standard InChI is InChI=1S/C15H17N3OS/c1-4-10-18-15(20-11-5-2)16-14(17-18)12-6-8-13(19-3)9-7-12/h4-9H,1-2,10-11H2,3H3. The first-order chi connectivity index (χ1) is 9.78. The number of hydrogen-bond donors (Lipinski definition) is 0. The van der Waals surface area contributed by atoms with Crippen LogP contribution in [0.4, 0.5) is 0 Å². The van der Waals surface area contributed by atoms with Gasteiger partial charge in [0.05, 0.1) is 13.7 Å². The van der Waals surface area contributed by atoms with Crippen LogP contribution in [0, 0.1) is 0 Å². The summed E-state index contributed by atoms with van der Waals surface area (Å²) in [5.41, 5.74) is 0.967. The molecule has 104 valence electrons.